The predicted molar refractivity (Wildman–Crippen MR) is 77.3 cm³/mol. The minimum Gasteiger partial charge on any atom is -0.481 e. The molecule has 0 heterocycles. The van der Waals surface area contributed by atoms with Crippen molar-refractivity contribution in [2.75, 3.05) is 13.1 Å². The van der Waals surface area contributed by atoms with Gasteiger partial charge in [0, 0.05) is 13.1 Å². The Bertz CT molecular complexity index is 441. The highest BCUT2D eigenvalue weighted by molar-refractivity contribution is 5.77. The molecule has 3 N–H and O–H groups in total. The summed E-state index contributed by atoms with van der Waals surface area (Å²) in [5, 5.41) is 14.6. The first kappa shape index (κ1) is 16.2. The molecule has 1 aromatic carbocycles. The van der Waals surface area contributed by atoms with Gasteiger partial charge in [-0.15, -0.1) is 0 Å². The van der Waals surface area contributed by atoms with E-state index in [-0.39, 0.29) is 18.9 Å². The highest BCUT2D eigenvalue weighted by Crippen LogP contribution is 2.05. The fourth-order valence-corrected chi connectivity index (χ4v) is 1.65. The third kappa shape index (κ3) is 6.89. The second-order valence-corrected chi connectivity index (χ2v) is 5.19. The molecule has 110 valence electrons. The van der Waals surface area contributed by atoms with Gasteiger partial charge in [-0.25, -0.2) is 0 Å². The molecule has 1 aromatic rings. The van der Waals surface area contributed by atoms with Gasteiger partial charge in [0.15, 0.2) is 0 Å². The molecule has 0 unspecified atom stereocenters. The maximum atomic E-state index is 11.5. The number of nitrogens with one attached hydrogen (secondary N) is 2. The maximum Gasteiger partial charge on any atom is 0.307 e. The molecule has 5 heteroatoms. The van der Waals surface area contributed by atoms with E-state index < -0.39 is 5.97 Å². The quantitative estimate of drug-likeness (QED) is 0.667. The van der Waals surface area contributed by atoms with Crippen LogP contribution in [0.5, 0.6) is 0 Å². The Morgan fingerprint density at radius 1 is 1.15 bits per heavy atom. The van der Waals surface area contributed by atoms with E-state index in [1.54, 1.807) is 12.1 Å². The number of carbonyl (C=O) groups excluding carboxylic acids is 1. The van der Waals surface area contributed by atoms with E-state index in [0.29, 0.717) is 19.0 Å². The third-order valence-corrected chi connectivity index (χ3v) is 2.70. The molecule has 0 aliphatic rings. The zero-order valence-corrected chi connectivity index (χ0v) is 12.0. The van der Waals surface area contributed by atoms with E-state index in [9.17, 15) is 9.59 Å². The first-order valence-corrected chi connectivity index (χ1v) is 6.74. The molecule has 0 atom stereocenters. The molecule has 20 heavy (non-hydrogen) atoms. The first-order valence-electron chi connectivity index (χ1n) is 6.74. The highest BCUT2D eigenvalue weighted by atomic mass is 16.4. The van der Waals surface area contributed by atoms with E-state index in [2.05, 4.69) is 10.6 Å². The second-order valence-electron chi connectivity index (χ2n) is 5.19. The summed E-state index contributed by atoms with van der Waals surface area (Å²) in [5.41, 5.74) is 1.80. The summed E-state index contributed by atoms with van der Waals surface area (Å²) >= 11 is 0. The average molecular weight is 278 g/mol. The van der Waals surface area contributed by atoms with Gasteiger partial charge in [0.1, 0.15) is 0 Å². The summed E-state index contributed by atoms with van der Waals surface area (Å²) in [4.78, 5) is 22.0. The topological polar surface area (TPSA) is 78.4 Å². The van der Waals surface area contributed by atoms with Gasteiger partial charge in [-0.1, -0.05) is 38.1 Å². The molecule has 0 saturated heterocycles. The summed E-state index contributed by atoms with van der Waals surface area (Å²) < 4.78 is 0. The van der Waals surface area contributed by atoms with Gasteiger partial charge in [0.2, 0.25) is 5.91 Å². The van der Waals surface area contributed by atoms with Gasteiger partial charge >= 0.3 is 5.97 Å². The third-order valence-electron chi connectivity index (χ3n) is 2.70. The Balaban J connectivity index is 2.28. The number of amides is 1. The number of benzene rings is 1. The normalized spacial score (nSPS) is 10.6. The smallest absolute Gasteiger partial charge is 0.307 e. The summed E-state index contributed by atoms with van der Waals surface area (Å²) in [5.74, 6) is -0.403. The number of hydrogen-bond acceptors (Lipinski definition) is 3. The number of hydrogen-bond donors (Lipinski definition) is 3. The molecule has 0 spiro atoms. The van der Waals surface area contributed by atoms with Gasteiger partial charge in [0.25, 0.3) is 0 Å². The van der Waals surface area contributed by atoms with Crippen LogP contribution in [0.15, 0.2) is 24.3 Å². The fourth-order valence-electron chi connectivity index (χ4n) is 1.65. The second kappa shape index (κ2) is 8.32. The number of aliphatic carboxylic acids is 1. The van der Waals surface area contributed by atoms with Crippen LogP contribution in [0, 0.1) is 5.92 Å². The minimum absolute atomic E-state index is 0.0128. The Labute approximate surface area is 119 Å². The molecular formula is C15H22N2O3. The van der Waals surface area contributed by atoms with E-state index >= 15 is 0 Å². The van der Waals surface area contributed by atoms with Crippen molar-refractivity contribution in [1.82, 2.24) is 10.6 Å². The summed E-state index contributed by atoms with van der Waals surface area (Å²) in [6, 6.07) is 7.34. The SMILES string of the molecule is CC(C)CNC(=O)CNCc1ccc(CC(=O)O)cc1. The standard InChI is InChI=1S/C15H22N2O3/c1-11(2)8-17-14(18)10-16-9-13-5-3-12(4-6-13)7-15(19)20/h3-6,11,16H,7-10H2,1-2H3,(H,17,18)(H,19,20). The molecule has 1 rings (SSSR count). The molecule has 0 aromatic heterocycles. The lowest BCUT2D eigenvalue weighted by molar-refractivity contribution is -0.136. The highest BCUT2D eigenvalue weighted by Gasteiger charge is 2.03. The van der Waals surface area contributed by atoms with Gasteiger partial charge in [-0.2, -0.15) is 0 Å². The summed E-state index contributed by atoms with van der Waals surface area (Å²) in [6.45, 7) is 5.65. The molecule has 0 aliphatic heterocycles. The largest absolute Gasteiger partial charge is 0.481 e. The van der Waals surface area contributed by atoms with Crippen LogP contribution in [0.3, 0.4) is 0 Å². The van der Waals surface area contributed by atoms with Gasteiger partial charge in [0.05, 0.1) is 13.0 Å². The molecular weight excluding hydrogens is 256 g/mol. The van der Waals surface area contributed by atoms with Gasteiger partial charge < -0.3 is 15.7 Å². The van der Waals surface area contributed by atoms with Crippen LogP contribution in [0.4, 0.5) is 0 Å². The van der Waals surface area contributed by atoms with Crippen molar-refractivity contribution in [3.05, 3.63) is 35.4 Å². The summed E-state index contributed by atoms with van der Waals surface area (Å²) in [7, 11) is 0. The number of carbonyl (C=O) groups is 2. The Morgan fingerprint density at radius 3 is 2.30 bits per heavy atom. The minimum atomic E-state index is -0.835. The first-order chi connectivity index (χ1) is 9.47. The van der Waals surface area contributed by atoms with Crippen molar-refractivity contribution in [2.45, 2.75) is 26.8 Å². The summed E-state index contributed by atoms with van der Waals surface area (Å²) in [6.07, 6.45) is 0.0331. The lowest BCUT2D eigenvalue weighted by atomic mass is 10.1. The lowest BCUT2D eigenvalue weighted by Gasteiger charge is -2.09. The molecule has 5 nitrogen and oxygen atoms in total. The van der Waals surface area contributed by atoms with Crippen LogP contribution < -0.4 is 10.6 Å². The van der Waals surface area contributed by atoms with Crippen LogP contribution in [-0.2, 0) is 22.6 Å². The van der Waals surface area contributed by atoms with Crippen molar-refractivity contribution in [2.24, 2.45) is 5.92 Å². The van der Waals surface area contributed by atoms with Crippen LogP contribution in [-0.4, -0.2) is 30.1 Å². The fraction of sp³-hybridized carbons (Fsp3) is 0.467. The molecule has 1 amide bonds. The van der Waals surface area contributed by atoms with Crippen molar-refractivity contribution >= 4 is 11.9 Å². The van der Waals surface area contributed by atoms with Crippen LogP contribution >= 0.6 is 0 Å². The van der Waals surface area contributed by atoms with E-state index in [0.717, 1.165) is 11.1 Å². The predicted octanol–water partition coefficient (Wildman–Crippen LogP) is 1.18. The van der Waals surface area contributed by atoms with Crippen molar-refractivity contribution in [3.63, 3.8) is 0 Å². The molecule has 0 aliphatic carbocycles. The molecule has 0 saturated carbocycles. The van der Waals surface area contributed by atoms with Crippen LogP contribution in [0.2, 0.25) is 0 Å². The Kier molecular flexibility index (Phi) is 6.73. The van der Waals surface area contributed by atoms with Crippen LogP contribution in [0.25, 0.3) is 0 Å². The van der Waals surface area contributed by atoms with Crippen molar-refractivity contribution < 1.29 is 14.7 Å². The monoisotopic (exact) mass is 278 g/mol. The van der Waals surface area contributed by atoms with Crippen LogP contribution in [0.1, 0.15) is 25.0 Å². The van der Waals surface area contributed by atoms with E-state index in [1.807, 2.05) is 26.0 Å². The van der Waals surface area contributed by atoms with E-state index in [4.69, 9.17) is 5.11 Å². The molecule has 0 radical (unpaired) electrons. The van der Waals surface area contributed by atoms with E-state index in [1.165, 1.54) is 0 Å². The Morgan fingerprint density at radius 2 is 1.75 bits per heavy atom. The zero-order valence-electron chi connectivity index (χ0n) is 12.0. The van der Waals surface area contributed by atoms with Crippen molar-refractivity contribution in [3.8, 4) is 0 Å². The number of carboxylic acid groups (broad SMARTS) is 1. The zero-order chi connectivity index (χ0) is 15.0. The van der Waals surface area contributed by atoms with Crippen molar-refractivity contribution in [1.29, 1.82) is 0 Å². The Hall–Kier alpha value is -1.88. The average Bonchev–Trinajstić information content (AvgIpc) is 2.38. The van der Waals surface area contributed by atoms with Gasteiger partial charge in [-0.3, -0.25) is 9.59 Å². The van der Waals surface area contributed by atoms with Gasteiger partial charge in [-0.05, 0) is 17.0 Å². The lowest BCUT2D eigenvalue weighted by Crippen LogP contribution is -2.35. The number of carboxylic acids is 1. The molecule has 0 bridgehead atoms. The molecule has 0 fully saturated rings. The maximum absolute atomic E-state index is 11.5. The number of rotatable bonds is 8.